The molecule has 1 aromatic heterocycles. The summed E-state index contributed by atoms with van der Waals surface area (Å²) in [5.74, 6) is 2.28. The first-order chi connectivity index (χ1) is 10.4. The normalized spacial score (nSPS) is 19.4. The predicted molar refractivity (Wildman–Crippen MR) is 86.9 cm³/mol. The summed E-state index contributed by atoms with van der Waals surface area (Å²) < 4.78 is 4.98. The fourth-order valence-corrected chi connectivity index (χ4v) is 3.02. The standard InChI is InChI=1S/C17H27N3O2/c1-12(2)15-18-9-8-14(19-15)20-10-6-7-13(11-20)17(3,4)16(21)22-5/h8-9,12-13H,6-7,10-11H2,1-5H3. The van der Waals surface area contributed by atoms with Crippen LogP contribution in [-0.4, -0.2) is 36.1 Å². The van der Waals surface area contributed by atoms with Gasteiger partial charge in [-0.3, -0.25) is 4.79 Å². The van der Waals surface area contributed by atoms with Crippen LogP contribution in [0.1, 0.15) is 52.3 Å². The lowest BCUT2D eigenvalue weighted by molar-refractivity contribution is -0.154. The highest BCUT2D eigenvalue weighted by atomic mass is 16.5. The molecule has 2 heterocycles. The average Bonchev–Trinajstić information content (AvgIpc) is 2.54. The van der Waals surface area contributed by atoms with Crippen molar-refractivity contribution in [3.8, 4) is 0 Å². The fourth-order valence-electron chi connectivity index (χ4n) is 3.02. The SMILES string of the molecule is COC(=O)C(C)(C)C1CCCN(c2ccnc(C(C)C)n2)C1. The Hall–Kier alpha value is -1.65. The zero-order valence-electron chi connectivity index (χ0n) is 14.3. The number of aromatic nitrogens is 2. The molecule has 1 unspecified atom stereocenters. The lowest BCUT2D eigenvalue weighted by atomic mass is 9.74. The molecule has 0 aliphatic carbocycles. The molecular weight excluding hydrogens is 278 g/mol. The molecule has 1 atom stereocenters. The van der Waals surface area contributed by atoms with Crippen LogP contribution >= 0.6 is 0 Å². The minimum absolute atomic E-state index is 0.134. The molecule has 0 amide bonds. The van der Waals surface area contributed by atoms with Crippen LogP contribution in [0, 0.1) is 11.3 Å². The van der Waals surface area contributed by atoms with Crippen molar-refractivity contribution in [3.05, 3.63) is 18.1 Å². The van der Waals surface area contributed by atoms with Crippen LogP contribution in [0.25, 0.3) is 0 Å². The maximum atomic E-state index is 12.1. The summed E-state index contributed by atoms with van der Waals surface area (Å²) >= 11 is 0. The lowest BCUT2D eigenvalue weighted by Crippen LogP contribution is -2.45. The molecule has 1 aliphatic rings. The summed E-state index contributed by atoms with van der Waals surface area (Å²) in [4.78, 5) is 23.3. The van der Waals surface area contributed by atoms with Crippen LogP contribution < -0.4 is 4.90 Å². The number of methoxy groups -OCH3 is 1. The number of ether oxygens (including phenoxy) is 1. The molecule has 5 heteroatoms. The van der Waals surface area contributed by atoms with Gasteiger partial charge in [-0.1, -0.05) is 13.8 Å². The minimum atomic E-state index is -0.471. The van der Waals surface area contributed by atoms with E-state index in [1.54, 1.807) is 0 Å². The van der Waals surface area contributed by atoms with E-state index < -0.39 is 5.41 Å². The predicted octanol–water partition coefficient (Wildman–Crippen LogP) is 3.02. The highest BCUT2D eigenvalue weighted by Crippen LogP contribution is 2.36. The number of esters is 1. The highest BCUT2D eigenvalue weighted by molar-refractivity contribution is 5.76. The van der Waals surface area contributed by atoms with Crippen LogP contribution in [0.4, 0.5) is 5.82 Å². The van der Waals surface area contributed by atoms with Gasteiger partial charge < -0.3 is 9.64 Å². The van der Waals surface area contributed by atoms with E-state index >= 15 is 0 Å². The number of rotatable bonds is 4. The molecule has 5 nitrogen and oxygen atoms in total. The van der Waals surface area contributed by atoms with E-state index in [2.05, 4.69) is 28.7 Å². The number of hydrogen-bond acceptors (Lipinski definition) is 5. The van der Waals surface area contributed by atoms with Crippen molar-refractivity contribution in [3.63, 3.8) is 0 Å². The van der Waals surface area contributed by atoms with Gasteiger partial charge in [0.2, 0.25) is 0 Å². The molecule has 122 valence electrons. The Bertz CT molecular complexity index is 528. The Labute approximate surface area is 133 Å². The first-order valence-corrected chi connectivity index (χ1v) is 8.02. The van der Waals surface area contributed by atoms with E-state index in [1.165, 1.54) is 7.11 Å². The average molecular weight is 305 g/mol. The first kappa shape index (κ1) is 16.7. The van der Waals surface area contributed by atoms with E-state index in [4.69, 9.17) is 4.74 Å². The third-order valence-electron chi connectivity index (χ3n) is 4.65. The van der Waals surface area contributed by atoms with Gasteiger partial charge in [0, 0.05) is 25.2 Å². The summed E-state index contributed by atoms with van der Waals surface area (Å²) in [6.45, 7) is 9.95. The van der Waals surface area contributed by atoms with Gasteiger partial charge in [-0.25, -0.2) is 9.97 Å². The van der Waals surface area contributed by atoms with Crippen LogP contribution in [0.5, 0.6) is 0 Å². The molecule has 1 aromatic rings. The number of carbonyl (C=O) groups excluding carboxylic acids is 1. The number of nitrogens with zero attached hydrogens (tertiary/aromatic N) is 3. The Morgan fingerprint density at radius 1 is 1.45 bits per heavy atom. The van der Waals surface area contributed by atoms with Gasteiger partial charge in [0.15, 0.2) is 0 Å². The molecule has 1 aliphatic heterocycles. The molecule has 0 saturated carbocycles. The quantitative estimate of drug-likeness (QED) is 0.800. The second-order valence-corrected chi connectivity index (χ2v) is 6.93. The van der Waals surface area contributed by atoms with Gasteiger partial charge in [0.1, 0.15) is 11.6 Å². The molecule has 0 N–H and O–H groups in total. The van der Waals surface area contributed by atoms with Gasteiger partial charge >= 0.3 is 5.97 Å². The number of piperidine rings is 1. The smallest absolute Gasteiger partial charge is 0.311 e. The zero-order valence-corrected chi connectivity index (χ0v) is 14.3. The molecule has 1 saturated heterocycles. The molecule has 2 rings (SSSR count). The van der Waals surface area contributed by atoms with Crippen LogP contribution in [0.2, 0.25) is 0 Å². The van der Waals surface area contributed by atoms with Crippen molar-refractivity contribution in [1.82, 2.24) is 9.97 Å². The van der Waals surface area contributed by atoms with E-state index in [1.807, 2.05) is 26.1 Å². The topological polar surface area (TPSA) is 55.3 Å². The molecule has 0 spiro atoms. The lowest BCUT2D eigenvalue weighted by Gasteiger charge is -2.40. The maximum Gasteiger partial charge on any atom is 0.311 e. The molecule has 1 fully saturated rings. The van der Waals surface area contributed by atoms with E-state index in [-0.39, 0.29) is 11.9 Å². The van der Waals surface area contributed by atoms with Gasteiger partial charge in [-0.2, -0.15) is 0 Å². The number of hydrogen-bond donors (Lipinski definition) is 0. The molecule has 0 bridgehead atoms. The molecular formula is C17H27N3O2. The summed E-state index contributed by atoms with van der Waals surface area (Å²) in [6, 6.07) is 1.96. The number of carbonyl (C=O) groups is 1. The summed E-state index contributed by atoms with van der Waals surface area (Å²) in [5.41, 5.74) is -0.471. The van der Waals surface area contributed by atoms with Crippen molar-refractivity contribution in [2.45, 2.75) is 46.5 Å². The van der Waals surface area contributed by atoms with Crippen LogP contribution in [-0.2, 0) is 9.53 Å². The van der Waals surface area contributed by atoms with E-state index in [0.29, 0.717) is 5.92 Å². The first-order valence-electron chi connectivity index (χ1n) is 8.02. The third kappa shape index (κ3) is 3.39. The van der Waals surface area contributed by atoms with Gasteiger partial charge in [0.05, 0.1) is 12.5 Å². The molecule has 22 heavy (non-hydrogen) atoms. The highest BCUT2D eigenvalue weighted by Gasteiger charge is 2.40. The van der Waals surface area contributed by atoms with Gasteiger partial charge in [0.25, 0.3) is 0 Å². The van der Waals surface area contributed by atoms with Crippen molar-refractivity contribution < 1.29 is 9.53 Å². The van der Waals surface area contributed by atoms with Crippen molar-refractivity contribution in [2.75, 3.05) is 25.1 Å². The minimum Gasteiger partial charge on any atom is -0.469 e. The Balaban J connectivity index is 2.17. The van der Waals surface area contributed by atoms with E-state index in [0.717, 1.165) is 37.6 Å². The Kier molecular flexibility index (Phi) is 5.04. The van der Waals surface area contributed by atoms with Crippen molar-refractivity contribution in [1.29, 1.82) is 0 Å². The van der Waals surface area contributed by atoms with Gasteiger partial charge in [-0.05, 0) is 38.7 Å². The summed E-state index contributed by atoms with van der Waals surface area (Å²) in [7, 11) is 1.46. The molecule has 0 radical (unpaired) electrons. The van der Waals surface area contributed by atoms with Crippen LogP contribution in [0.15, 0.2) is 12.3 Å². The third-order valence-corrected chi connectivity index (χ3v) is 4.65. The summed E-state index contributed by atoms with van der Waals surface area (Å²) in [6.07, 6.45) is 3.93. The van der Waals surface area contributed by atoms with E-state index in [9.17, 15) is 4.79 Å². The Morgan fingerprint density at radius 3 is 2.82 bits per heavy atom. The summed E-state index contributed by atoms with van der Waals surface area (Å²) in [5, 5.41) is 0. The second kappa shape index (κ2) is 6.63. The second-order valence-electron chi connectivity index (χ2n) is 6.93. The number of anilines is 1. The monoisotopic (exact) mass is 305 g/mol. The van der Waals surface area contributed by atoms with Crippen LogP contribution in [0.3, 0.4) is 0 Å². The van der Waals surface area contributed by atoms with Crippen molar-refractivity contribution >= 4 is 11.8 Å². The largest absolute Gasteiger partial charge is 0.469 e. The fraction of sp³-hybridized carbons (Fsp3) is 0.706. The zero-order chi connectivity index (χ0) is 16.3. The maximum absolute atomic E-state index is 12.1. The molecule has 0 aromatic carbocycles. The van der Waals surface area contributed by atoms with Crippen molar-refractivity contribution in [2.24, 2.45) is 11.3 Å². The Morgan fingerprint density at radius 2 is 2.18 bits per heavy atom. The van der Waals surface area contributed by atoms with Gasteiger partial charge in [-0.15, -0.1) is 0 Å².